The molecule has 0 saturated carbocycles. The van der Waals surface area contributed by atoms with E-state index < -0.39 is 9.84 Å². The number of carbonyl (C=O) groups excluding carboxylic acids is 1. The van der Waals surface area contributed by atoms with E-state index in [0.717, 1.165) is 29.1 Å². The maximum Gasteiger partial charge on any atom is 0.265 e. The number of nitrogens with zero attached hydrogens (tertiary/aromatic N) is 1. The second-order valence-electron chi connectivity index (χ2n) is 6.77. The van der Waals surface area contributed by atoms with E-state index in [2.05, 4.69) is 26.2 Å². The zero-order valence-corrected chi connectivity index (χ0v) is 19.5. The Hall–Kier alpha value is -2.08. The molecule has 11 heteroatoms. The summed E-state index contributed by atoms with van der Waals surface area (Å²) in [7, 11) is -3.97. The molecule has 1 unspecified atom stereocenters. The Labute approximate surface area is 191 Å². The Morgan fingerprint density at radius 1 is 1.26 bits per heavy atom. The first-order chi connectivity index (χ1) is 14.9. The first-order valence-electron chi connectivity index (χ1n) is 9.50. The van der Waals surface area contributed by atoms with Crippen LogP contribution in [0.4, 0.5) is 0 Å². The van der Waals surface area contributed by atoms with Crippen molar-refractivity contribution in [3.63, 3.8) is 0 Å². The highest BCUT2D eigenvalue weighted by molar-refractivity contribution is 9.10. The Morgan fingerprint density at radius 2 is 2.06 bits per heavy atom. The van der Waals surface area contributed by atoms with Crippen LogP contribution in [0.25, 0.3) is 11.7 Å². The lowest BCUT2D eigenvalue weighted by molar-refractivity contribution is -0.119. The maximum absolute atomic E-state index is 13.2. The van der Waals surface area contributed by atoms with Crippen LogP contribution >= 0.6 is 27.7 Å². The average Bonchev–Trinajstić information content (AvgIpc) is 3.52. The lowest BCUT2D eigenvalue weighted by Crippen LogP contribution is -2.32. The minimum Gasteiger partial charge on any atom is -0.459 e. The van der Waals surface area contributed by atoms with Crippen molar-refractivity contribution in [3.05, 3.63) is 47.1 Å². The molecule has 1 atom stereocenters. The molecule has 4 rings (SSSR count). The number of ether oxygens (including phenoxy) is 1. The molecule has 2 aromatic heterocycles. The summed E-state index contributed by atoms with van der Waals surface area (Å²) in [6.07, 6.45) is 3.36. The highest BCUT2D eigenvalue weighted by atomic mass is 79.9. The molecule has 0 radical (unpaired) electrons. The number of rotatable bonds is 8. The monoisotopic (exact) mass is 526 g/mol. The molecular formula is C20H19BrN2O6S2. The number of thioether (sulfide) groups is 1. The third-order valence-corrected chi connectivity index (χ3v) is 7.84. The van der Waals surface area contributed by atoms with E-state index in [0.29, 0.717) is 18.9 Å². The van der Waals surface area contributed by atoms with Gasteiger partial charge in [0.1, 0.15) is 0 Å². The number of sulfone groups is 1. The smallest absolute Gasteiger partial charge is 0.265 e. The summed E-state index contributed by atoms with van der Waals surface area (Å²) in [4.78, 5) is 16.5. The van der Waals surface area contributed by atoms with Crippen LogP contribution in [-0.2, 0) is 19.4 Å². The number of benzene rings is 1. The molecule has 0 spiro atoms. The van der Waals surface area contributed by atoms with Gasteiger partial charge in [-0.15, -0.1) is 0 Å². The van der Waals surface area contributed by atoms with Gasteiger partial charge in [0.25, 0.3) is 5.89 Å². The molecule has 1 fully saturated rings. The predicted octanol–water partition coefficient (Wildman–Crippen LogP) is 3.92. The average molecular weight is 527 g/mol. The van der Waals surface area contributed by atoms with E-state index >= 15 is 0 Å². The van der Waals surface area contributed by atoms with Gasteiger partial charge < -0.3 is 18.9 Å². The fourth-order valence-corrected chi connectivity index (χ4v) is 5.62. The van der Waals surface area contributed by atoms with Crippen LogP contribution in [0, 0.1) is 0 Å². The summed E-state index contributed by atoms with van der Waals surface area (Å²) in [6.45, 7) is 1.14. The van der Waals surface area contributed by atoms with Crippen molar-refractivity contribution < 1.29 is 26.8 Å². The molecule has 0 aliphatic carbocycles. The Kier molecular flexibility index (Phi) is 6.85. The molecule has 1 saturated heterocycles. The number of carbonyl (C=O) groups is 1. The van der Waals surface area contributed by atoms with Crippen LogP contribution in [-0.4, -0.2) is 44.3 Å². The zero-order valence-electron chi connectivity index (χ0n) is 16.2. The number of oxazole rings is 1. The van der Waals surface area contributed by atoms with Crippen LogP contribution in [0.5, 0.6) is 0 Å². The first kappa shape index (κ1) is 22.1. The second-order valence-corrected chi connectivity index (χ2v) is 10.5. The highest BCUT2D eigenvalue weighted by Crippen LogP contribution is 2.35. The van der Waals surface area contributed by atoms with Crippen molar-refractivity contribution >= 4 is 43.4 Å². The molecule has 0 bridgehead atoms. The van der Waals surface area contributed by atoms with Crippen LogP contribution < -0.4 is 5.32 Å². The lowest BCUT2D eigenvalue weighted by Gasteiger charge is -2.10. The molecule has 3 aromatic rings. The van der Waals surface area contributed by atoms with Crippen LogP contribution in [0.1, 0.15) is 12.8 Å². The minimum atomic E-state index is -3.97. The minimum absolute atomic E-state index is 0.0254. The number of nitrogens with one attached hydrogen (secondary N) is 1. The number of hydrogen-bond acceptors (Lipinski definition) is 8. The van der Waals surface area contributed by atoms with Gasteiger partial charge in [0.15, 0.2) is 5.76 Å². The fraction of sp³-hybridized carbons (Fsp3) is 0.300. The number of amides is 1. The van der Waals surface area contributed by atoms with Crippen molar-refractivity contribution in [2.45, 2.75) is 34.0 Å². The van der Waals surface area contributed by atoms with Gasteiger partial charge in [-0.2, -0.15) is 4.98 Å². The summed E-state index contributed by atoms with van der Waals surface area (Å²) in [5.41, 5.74) is 0. The first-order valence-corrected chi connectivity index (χ1v) is 12.8. The van der Waals surface area contributed by atoms with E-state index in [9.17, 15) is 13.2 Å². The quantitative estimate of drug-likeness (QED) is 0.439. The van der Waals surface area contributed by atoms with Crippen LogP contribution in [0.2, 0.25) is 0 Å². The largest absolute Gasteiger partial charge is 0.459 e. The van der Waals surface area contributed by atoms with Crippen molar-refractivity contribution in [1.29, 1.82) is 0 Å². The van der Waals surface area contributed by atoms with Gasteiger partial charge in [-0.05, 0) is 49.2 Å². The van der Waals surface area contributed by atoms with Gasteiger partial charge >= 0.3 is 0 Å². The zero-order chi connectivity index (χ0) is 21.8. The molecule has 3 heterocycles. The van der Waals surface area contributed by atoms with Crippen LogP contribution in [0.15, 0.2) is 71.0 Å². The molecule has 31 heavy (non-hydrogen) atoms. The summed E-state index contributed by atoms with van der Waals surface area (Å²) >= 11 is 4.26. The number of aromatic nitrogens is 1. The van der Waals surface area contributed by atoms with Gasteiger partial charge in [0.05, 0.1) is 23.0 Å². The molecule has 1 N–H and O–H groups in total. The van der Waals surface area contributed by atoms with E-state index in [1.54, 1.807) is 24.3 Å². The van der Waals surface area contributed by atoms with Crippen molar-refractivity contribution in [2.75, 3.05) is 18.9 Å². The Balaban J connectivity index is 1.55. The highest BCUT2D eigenvalue weighted by Gasteiger charge is 2.30. The summed E-state index contributed by atoms with van der Waals surface area (Å²) in [5, 5.41) is 2.58. The summed E-state index contributed by atoms with van der Waals surface area (Å²) < 4.78 is 43.6. The predicted molar refractivity (Wildman–Crippen MR) is 117 cm³/mol. The number of hydrogen-bond donors (Lipinski definition) is 1. The third-order valence-electron chi connectivity index (χ3n) is 4.56. The Bertz CT molecular complexity index is 1140. The van der Waals surface area contributed by atoms with Gasteiger partial charge in [0, 0.05) is 17.6 Å². The van der Waals surface area contributed by atoms with Gasteiger partial charge in [-0.25, -0.2) is 8.42 Å². The second kappa shape index (κ2) is 9.60. The molecule has 164 valence electrons. The number of halogens is 1. The van der Waals surface area contributed by atoms with Crippen LogP contribution in [0.3, 0.4) is 0 Å². The SMILES string of the molecule is O=C(CSc1oc(-c2ccco2)nc1S(=O)(=O)c1ccc(Br)cc1)NCC1CCCO1. The molecule has 1 aromatic carbocycles. The molecule has 1 amide bonds. The maximum atomic E-state index is 13.2. The van der Waals surface area contributed by atoms with Crippen molar-refractivity contribution in [1.82, 2.24) is 10.3 Å². The van der Waals surface area contributed by atoms with E-state index in [-0.39, 0.29) is 38.7 Å². The lowest BCUT2D eigenvalue weighted by atomic mass is 10.2. The van der Waals surface area contributed by atoms with Crippen molar-refractivity contribution in [2.24, 2.45) is 0 Å². The van der Waals surface area contributed by atoms with E-state index in [4.69, 9.17) is 13.6 Å². The Morgan fingerprint density at radius 3 is 2.74 bits per heavy atom. The normalized spacial score (nSPS) is 16.5. The topological polar surface area (TPSA) is 112 Å². The molecule has 1 aliphatic heterocycles. The van der Waals surface area contributed by atoms with Crippen molar-refractivity contribution in [3.8, 4) is 11.7 Å². The summed E-state index contributed by atoms with van der Waals surface area (Å²) in [5.74, 6) is 0.0517. The molecule has 1 aliphatic rings. The fourth-order valence-electron chi connectivity index (χ4n) is 3.00. The molecular weight excluding hydrogens is 508 g/mol. The van der Waals surface area contributed by atoms with Gasteiger partial charge in [-0.3, -0.25) is 4.79 Å². The number of furan rings is 1. The summed E-state index contributed by atoms with van der Waals surface area (Å²) in [6, 6.07) is 9.47. The van der Waals surface area contributed by atoms with E-state index in [1.807, 2.05) is 0 Å². The van der Waals surface area contributed by atoms with E-state index in [1.165, 1.54) is 18.4 Å². The standard InChI is InChI=1S/C20H19BrN2O6S2/c21-13-5-7-15(8-6-13)31(25,26)19-20(29-18(23-19)16-4-2-10-28-16)30-12-17(24)22-11-14-3-1-9-27-14/h2,4-8,10,14H,1,3,9,11-12H2,(H,22,24). The third kappa shape index (κ3) is 5.22. The van der Waals surface area contributed by atoms with Gasteiger partial charge in [0.2, 0.25) is 25.9 Å². The molecule has 8 nitrogen and oxygen atoms in total. The van der Waals surface area contributed by atoms with Gasteiger partial charge in [-0.1, -0.05) is 27.7 Å².